The van der Waals surface area contributed by atoms with Crippen molar-refractivity contribution in [1.82, 2.24) is 25.1 Å². The number of aromatic nitrogens is 2. The van der Waals surface area contributed by atoms with Crippen LogP contribution in [0.2, 0.25) is 0 Å². The third kappa shape index (κ3) is 19.3. The Balaban J connectivity index is 0.000000185. The van der Waals surface area contributed by atoms with E-state index in [1.807, 2.05) is 149 Å². The van der Waals surface area contributed by atoms with Gasteiger partial charge in [-0.2, -0.15) is 22.7 Å². The molecule has 526 valence electrons. The number of carbonyl (C=O) groups is 8. The summed E-state index contributed by atoms with van der Waals surface area (Å²) in [7, 11) is 5.53. The molecule has 4 aromatic carbocycles. The number of amides is 7. The second-order valence-corrected chi connectivity index (χ2v) is 37.8. The monoisotopic (exact) mass is 1590 g/mol. The summed E-state index contributed by atoms with van der Waals surface area (Å²) < 4.78 is 14.9. The number of rotatable bonds is 17. The van der Waals surface area contributed by atoms with Gasteiger partial charge in [-0.25, -0.2) is 14.4 Å². The molecule has 0 bridgehead atoms. The van der Waals surface area contributed by atoms with Gasteiger partial charge in [0.05, 0.1) is 41.9 Å². The van der Waals surface area contributed by atoms with Crippen LogP contribution in [0.4, 0.5) is 32.3 Å². The Kier molecular flexibility index (Phi) is 25.4. The van der Waals surface area contributed by atoms with E-state index in [-0.39, 0.29) is 50.2 Å². The van der Waals surface area contributed by atoms with E-state index < -0.39 is 59.4 Å². The number of nitrogens with zero attached hydrogens (tertiary/aromatic N) is 6. The molecular weight excluding hydrogens is 1510 g/mol. The second kappa shape index (κ2) is 33.4. The van der Waals surface area contributed by atoms with Gasteiger partial charge in [-0.1, -0.05) is 60.7 Å². The number of benzene rings is 4. The van der Waals surface area contributed by atoms with Gasteiger partial charge in [0.15, 0.2) is 0 Å². The standard InChI is InChI=1S/C36H41N5O5S.C18H19N3O2S.C18H24N2O4.CH3ClS.W/c1-5-39-21-25(26-11-6-7-12-29(26)39)19-27(38-35(45)46-36(2,3)4)33(43)37-28-18-24-10-8-13-30(40-16-9-14-31(40)42)32(24)41(34(28)44)20-23-15-17-47-22-23;19-14-9-13-3-1-4-15(20-7-2-5-16(20)22)17(13)21(18(14)23)10-12-6-8-24-11-12;1-5-20-11-12(13-8-6-7-9-15(13)20)10-14(16(21)22)19-17(23)24-18(2,3)4;1-3-2;/h6-8,10-13,15,17,21-22,27-28H,5,9,14,16,18-20H2,1-4H3,(H,37,43)(H,38,45);1,3-4,6,8,11,14H,2,5,7,9-10,19H2;6-9,11,14H,5,10H2,1-4H3,(H,19,23)(H,21,22);1H3;/t27-,28?;;14-;;/m1.1../s1. The summed E-state index contributed by atoms with van der Waals surface area (Å²) >= 11 is 4.62. The number of fused-ring (bicyclic) bond motifs is 4. The SMILES string of the molecule is CCn1cc(C[C@@H](NC(=O)OC(C)(C)C)C(=O)NC2Cc3cccc(N4CCCC4=O)c3N(Cc3ccsc3)C2=O)c2ccccc21.CCn1cc(C[C@@H](NC(=O)OC(C)(C)C)C(=O)O)c2ccccc21.C[S](Cl)=[W].NC1Cc2cccc(N3CCCC3=O)c2N(Cc2ccsc2)C1=O. The number of nitrogens with two attached hydrogens (primary N) is 1. The molecule has 7 amide bonds. The first-order valence-electron chi connectivity index (χ1n) is 33.0. The largest absolute Gasteiger partial charge is 0.320 e. The van der Waals surface area contributed by atoms with E-state index in [9.17, 15) is 43.5 Å². The fourth-order valence-electron chi connectivity index (χ4n) is 12.7. The number of carbonyl (C=O) groups excluding carboxylic acids is 7. The fraction of sp³-hybridized carbons (Fsp3) is 0.397. The summed E-state index contributed by atoms with van der Waals surface area (Å²) in [6, 6.07) is 27.9. The first-order chi connectivity index (χ1) is 47.1. The number of para-hydroxylation sites is 4. The van der Waals surface area contributed by atoms with Crippen molar-refractivity contribution < 1.29 is 70.9 Å². The van der Waals surface area contributed by atoms with Gasteiger partial charge in [0.25, 0.3) is 0 Å². The molecule has 4 aliphatic rings. The van der Waals surface area contributed by atoms with E-state index in [4.69, 9.17) is 25.9 Å². The van der Waals surface area contributed by atoms with Crippen molar-refractivity contribution in [3.63, 3.8) is 0 Å². The number of thiophene rings is 2. The summed E-state index contributed by atoms with van der Waals surface area (Å²) in [5.74, 6) is -1.75. The van der Waals surface area contributed by atoms with Crippen molar-refractivity contribution in [2.75, 3.05) is 38.9 Å². The molecule has 3 unspecified atom stereocenters. The van der Waals surface area contributed by atoms with Crippen LogP contribution < -0.4 is 41.3 Å². The minimum Gasteiger partial charge on any atom is -0.320 e. The predicted molar refractivity (Wildman–Crippen MR) is 390 cm³/mol. The number of anilines is 4. The molecule has 5 atom stereocenters. The smallest absolute Gasteiger partial charge is 0.244 e. The molecule has 2 saturated heterocycles. The van der Waals surface area contributed by atoms with Gasteiger partial charge in [0.2, 0.25) is 29.5 Å². The number of carboxylic acids is 1. The summed E-state index contributed by atoms with van der Waals surface area (Å²) in [6.07, 6.45) is 8.35. The molecule has 99 heavy (non-hydrogen) atoms. The van der Waals surface area contributed by atoms with Crippen LogP contribution in [0, 0.1) is 0 Å². The van der Waals surface area contributed by atoms with Gasteiger partial charge in [0, 0.05) is 92.5 Å². The Morgan fingerprint density at radius 3 is 1.49 bits per heavy atom. The Labute approximate surface area is 602 Å². The molecule has 0 spiro atoms. The molecule has 4 aliphatic heterocycles. The summed E-state index contributed by atoms with van der Waals surface area (Å²) in [6.45, 7) is 18.2. The molecule has 0 aliphatic carbocycles. The number of nitrogens with one attached hydrogen (secondary N) is 3. The van der Waals surface area contributed by atoms with E-state index in [2.05, 4.69) is 32.0 Å². The van der Waals surface area contributed by atoms with Crippen molar-refractivity contribution in [2.24, 2.45) is 5.73 Å². The van der Waals surface area contributed by atoms with E-state index in [1.165, 1.54) is 18.0 Å². The minimum atomic E-state index is -1.09. The number of aliphatic carboxylic acids is 1. The second-order valence-electron chi connectivity index (χ2n) is 26.5. The fourth-order valence-corrected chi connectivity index (χ4v) is 14.0. The van der Waals surface area contributed by atoms with Gasteiger partial charge in [0.1, 0.15) is 29.3 Å². The predicted octanol–water partition coefficient (Wildman–Crippen LogP) is 12.5. The normalized spacial score (nSPS) is 16.9. The van der Waals surface area contributed by atoms with Crippen LogP contribution in [0.1, 0.15) is 114 Å². The van der Waals surface area contributed by atoms with Crippen LogP contribution in [0.15, 0.2) is 131 Å². The Hall–Kier alpha value is -7.99. The molecule has 12 rings (SSSR count). The molecule has 6 N–H and O–H groups in total. The molecule has 21 nitrogen and oxygen atoms in total. The first kappa shape index (κ1) is 75.2. The van der Waals surface area contributed by atoms with E-state index in [0.29, 0.717) is 51.1 Å². The molecule has 8 aromatic rings. The molecule has 8 heterocycles. The zero-order chi connectivity index (χ0) is 71.5. The number of ether oxygens (including phenoxy) is 2. The van der Waals surface area contributed by atoms with Crippen molar-refractivity contribution in [2.45, 2.75) is 168 Å². The van der Waals surface area contributed by atoms with E-state index >= 15 is 0 Å². The third-order valence-corrected chi connectivity index (χ3v) is 18.4. The minimum absolute atomic E-state index is 0.0391. The summed E-state index contributed by atoms with van der Waals surface area (Å²) in [5, 5.41) is 27.6. The molecule has 0 radical (unpaired) electrons. The number of halogens is 1. The van der Waals surface area contributed by atoms with E-state index in [0.717, 1.165) is 98.2 Å². The van der Waals surface area contributed by atoms with Crippen LogP contribution in [-0.4, -0.2) is 117 Å². The average molecular weight is 1600 g/mol. The Morgan fingerprint density at radius 2 is 1.08 bits per heavy atom. The van der Waals surface area contributed by atoms with E-state index in [1.54, 1.807) is 78.9 Å². The van der Waals surface area contributed by atoms with Crippen LogP contribution in [0.25, 0.3) is 21.8 Å². The number of carboxylic acid groups (broad SMARTS) is 1. The molecular formula is C73H87ClN10O11S3W. The maximum absolute atomic E-state index is 14.3. The summed E-state index contributed by atoms with van der Waals surface area (Å²) in [4.78, 5) is 110. The topological polar surface area (TPSA) is 260 Å². The molecule has 2 fully saturated rings. The van der Waals surface area contributed by atoms with Crippen LogP contribution in [0.3, 0.4) is 0 Å². The Bertz CT molecular complexity index is 4250. The number of alkyl carbamates (subject to hydrolysis) is 2. The maximum Gasteiger partial charge on any atom is 0.244 e. The van der Waals surface area contributed by atoms with Gasteiger partial charge in [-0.15, -0.1) is 0 Å². The van der Waals surface area contributed by atoms with Crippen LogP contribution in [0.5, 0.6) is 0 Å². The van der Waals surface area contributed by atoms with Gasteiger partial charge < -0.3 is 65.0 Å². The quantitative estimate of drug-likeness (QED) is 0.0570. The van der Waals surface area contributed by atoms with Crippen molar-refractivity contribution in [1.29, 1.82) is 0 Å². The molecule has 4 aromatic heterocycles. The number of aryl methyl sites for hydroxylation is 2. The Morgan fingerprint density at radius 1 is 0.646 bits per heavy atom. The van der Waals surface area contributed by atoms with Gasteiger partial charge in [-0.3, -0.25) is 24.0 Å². The summed E-state index contributed by atoms with van der Waals surface area (Å²) in [5.41, 5.74) is 15.6. The van der Waals surface area contributed by atoms with Crippen LogP contribution in [-0.2, 0) is 108 Å². The van der Waals surface area contributed by atoms with Crippen LogP contribution >= 0.6 is 40.7 Å². The zero-order valence-electron chi connectivity index (χ0n) is 57.2. The van der Waals surface area contributed by atoms with Crippen molar-refractivity contribution in [3.8, 4) is 0 Å². The van der Waals surface area contributed by atoms with Crippen molar-refractivity contribution in [3.05, 3.63) is 164 Å². The van der Waals surface area contributed by atoms with Gasteiger partial charge in [-0.05, 0) is 166 Å². The molecule has 0 saturated carbocycles. The first-order valence-corrected chi connectivity index (χ1v) is 40.9. The number of hydrogen-bond donors (Lipinski definition) is 5. The molecule has 26 heteroatoms. The van der Waals surface area contributed by atoms with Gasteiger partial charge >= 0.3 is 60.4 Å². The maximum atomic E-state index is 14.3. The average Bonchev–Trinajstić information content (AvgIpc) is 1.17. The third-order valence-electron chi connectivity index (χ3n) is 16.9. The van der Waals surface area contributed by atoms with Crippen molar-refractivity contribution >= 4 is 133 Å². The zero-order valence-corrected chi connectivity index (χ0v) is 63.4. The number of hydrogen-bond acceptors (Lipinski definition) is 13.